The van der Waals surface area contributed by atoms with Gasteiger partial charge in [-0.2, -0.15) is 0 Å². The number of rotatable bonds is 2. The molecule has 1 saturated heterocycles. The van der Waals surface area contributed by atoms with Crippen LogP contribution < -0.4 is 5.73 Å². The van der Waals surface area contributed by atoms with E-state index in [9.17, 15) is 4.79 Å². The lowest BCUT2D eigenvalue weighted by Crippen LogP contribution is -2.36. The topological polar surface area (TPSA) is 52.3 Å². The molecule has 3 heteroatoms. The number of carbonyl (C=O) groups is 1. The van der Waals surface area contributed by atoms with Gasteiger partial charge in [0.15, 0.2) is 5.78 Å². The van der Waals surface area contributed by atoms with Gasteiger partial charge in [-0.25, -0.2) is 0 Å². The van der Waals surface area contributed by atoms with Crippen LogP contribution in [-0.2, 0) is 9.53 Å². The maximum Gasteiger partial charge on any atom is 0.152 e. The fraction of sp³-hybridized carbons (Fsp3) is 0.900. The Morgan fingerprint density at radius 2 is 2.00 bits per heavy atom. The first-order chi connectivity index (χ1) is 5.78. The molecule has 1 aliphatic heterocycles. The molecule has 1 fully saturated rings. The Morgan fingerprint density at radius 3 is 2.31 bits per heavy atom. The Hall–Kier alpha value is -0.410. The second kappa shape index (κ2) is 3.07. The lowest BCUT2D eigenvalue weighted by atomic mass is 9.84. The molecule has 0 aromatic carbocycles. The zero-order chi connectivity index (χ0) is 10.3. The maximum absolute atomic E-state index is 11.5. The van der Waals surface area contributed by atoms with Crippen molar-refractivity contribution in [2.75, 3.05) is 6.54 Å². The summed E-state index contributed by atoms with van der Waals surface area (Å²) in [6.45, 7) is 8.06. The summed E-state index contributed by atoms with van der Waals surface area (Å²) in [5.74, 6) is 0.0584. The van der Waals surface area contributed by atoms with Gasteiger partial charge >= 0.3 is 0 Å². The molecule has 0 bridgehead atoms. The van der Waals surface area contributed by atoms with Crippen LogP contribution in [0.15, 0.2) is 0 Å². The largest absolute Gasteiger partial charge is 0.369 e. The van der Waals surface area contributed by atoms with Crippen molar-refractivity contribution in [3.8, 4) is 0 Å². The lowest BCUT2D eigenvalue weighted by molar-refractivity contribution is -0.128. The predicted molar refractivity (Wildman–Crippen MR) is 51.4 cm³/mol. The van der Waals surface area contributed by atoms with Crippen molar-refractivity contribution in [1.29, 1.82) is 0 Å². The fourth-order valence-corrected chi connectivity index (χ4v) is 2.21. The average molecular weight is 185 g/mol. The second-order valence-corrected chi connectivity index (χ2v) is 4.89. The zero-order valence-electron chi connectivity index (χ0n) is 8.89. The predicted octanol–water partition coefficient (Wildman–Crippen LogP) is 1.11. The SMILES string of the molecule is CC1(C)CC(C(=O)CN)C(C)(C)O1. The molecule has 1 rings (SSSR count). The quantitative estimate of drug-likeness (QED) is 0.701. The van der Waals surface area contributed by atoms with Crippen molar-refractivity contribution in [3.63, 3.8) is 0 Å². The minimum absolute atomic E-state index is 0.0486. The first-order valence-electron chi connectivity index (χ1n) is 4.71. The van der Waals surface area contributed by atoms with Gasteiger partial charge in [-0.05, 0) is 34.1 Å². The Bertz CT molecular complexity index is 221. The van der Waals surface area contributed by atoms with Gasteiger partial charge in [0, 0.05) is 0 Å². The van der Waals surface area contributed by atoms with Crippen molar-refractivity contribution in [1.82, 2.24) is 0 Å². The van der Waals surface area contributed by atoms with Gasteiger partial charge in [0.25, 0.3) is 0 Å². The van der Waals surface area contributed by atoms with E-state index < -0.39 is 0 Å². The molecule has 1 aliphatic rings. The maximum atomic E-state index is 11.5. The van der Waals surface area contributed by atoms with Gasteiger partial charge < -0.3 is 10.5 Å². The normalized spacial score (nSPS) is 30.4. The minimum atomic E-state index is -0.361. The van der Waals surface area contributed by atoms with Crippen LogP contribution in [-0.4, -0.2) is 23.5 Å². The molecule has 1 atom stereocenters. The Balaban J connectivity index is 2.82. The van der Waals surface area contributed by atoms with Gasteiger partial charge in [0.05, 0.1) is 23.7 Å². The van der Waals surface area contributed by atoms with Crippen LogP contribution in [0, 0.1) is 5.92 Å². The number of ether oxygens (including phenoxy) is 1. The minimum Gasteiger partial charge on any atom is -0.369 e. The summed E-state index contributed by atoms with van der Waals surface area (Å²) in [5.41, 5.74) is 4.80. The number of hydrogen-bond donors (Lipinski definition) is 1. The molecule has 2 N–H and O–H groups in total. The third-order valence-corrected chi connectivity index (χ3v) is 2.66. The first-order valence-corrected chi connectivity index (χ1v) is 4.71. The van der Waals surface area contributed by atoms with E-state index in [2.05, 4.69) is 0 Å². The molecule has 0 aromatic heterocycles. The van der Waals surface area contributed by atoms with Crippen LogP contribution in [0.1, 0.15) is 34.1 Å². The molecular weight excluding hydrogens is 166 g/mol. The van der Waals surface area contributed by atoms with Crippen molar-refractivity contribution in [2.45, 2.75) is 45.3 Å². The summed E-state index contributed by atoms with van der Waals surface area (Å²) in [6, 6.07) is 0. The highest BCUT2D eigenvalue weighted by Crippen LogP contribution is 2.42. The number of Topliss-reactive ketones (excluding diaryl/α,β-unsaturated/α-hetero) is 1. The summed E-state index contributed by atoms with van der Waals surface area (Å²) in [4.78, 5) is 11.5. The molecule has 0 saturated carbocycles. The van der Waals surface area contributed by atoms with E-state index in [1.807, 2.05) is 27.7 Å². The van der Waals surface area contributed by atoms with Gasteiger partial charge in [-0.1, -0.05) is 0 Å². The summed E-state index contributed by atoms with van der Waals surface area (Å²) in [7, 11) is 0. The van der Waals surface area contributed by atoms with Crippen LogP contribution in [0.25, 0.3) is 0 Å². The molecule has 0 spiro atoms. The Labute approximate surface area is 79.6 Å². The molecule has 1 heterocycles. The molecule has 0 aromatic rings. The molecule has 0 radical (unpaired) electrons. The number of nitrogens with two attached hydrogens (primary N) is 1. The first kappa shape index (κ1) is 10.7. The summed E-state index contributed by atoms with van der Waals surface area (Å²) in [5, 5.41) is 0. The van der Waals surface area contributed by atoms with E-state index in [1.54, 1.807) is 0 Å². The monoisotopic (exact) mass is 185 g/mol. The molecule has 76 valence electrons. The van der Waals surface area contributed by atoms with Crippen molar-refractivity contribution >= 4 is 5.78 Å². The highest BCUT2D eigenvalue weighted by molar-refractivity contribution is 5.84. The van der Waals surface area contributed by atoms with E-state index in [4.69, 9.17) is 10.5 Å². The molecule has 0 aliphatic carbocycles. The second-order valence-electron chi connectivity index (χ2n) is 4.89. The molecule has 13 heavy (non-hydrogen) atoms. The molecule has 0 amide bonds. The lowest BCUT2D eigenvalue weighted by Gasteiger charge is -2.26. The van der Waals surface area contributed by atoms with Crippen LogP contribution in [0.3, 0.4) is 0 Å². The van der Waals surface area contributed by atoms with Crippen LogP contribution in [0.4, 0.5) is 0 Å². The van der Waals surface area contributed by atoms with Crippen molar-refractivity contribution < 1.29 is 9.53 Å². The van der Waals surface area contributed by atoms with E-state index in [0.717, 1.165) is 6.42 Å². The molecule has 3 nitrogen and oxygen atoms in total. The van der Waals surface area contributed by atoms with Crippen molar-refractivity contribution in [2.24, 2.45) is 11.7 Å². The van der Waals surface area contributed by atoms with E-state index >= 15 is 0 Å². The smallest absolute Gasteiger partial charge is 0.152 e. The van der Waals surface area contributed by atoms with Crippen LogP contribution >= 0.6 is 0 Å². The standard InChI is InChI=1S/C10H19NO2/c1-9(2)5-7(8(12)6-11)10(3,4)13-9/h7H,5-6,11H2,1-4H3. The fourth-order valence-electron chi connectivity index (χ4n) is 2.21. The van der Waals surface area contributed by atoms with Crippen molar-refractivity contribution in [3.05, 3.63) is 0 Å². The Kier molecular flexibility index (Phi) is 2.52. The summed E-state index contributed by atoms with van der Waals surface area (Å²) in [6.07, 6.45) is 0.774. The number of carbonyl (C=O) groups excluding carboxylic acids is 1. The molecular formula is C10H19NO2. The van der Waals surface area contributed by atoms with Gasteiger partial charge in [0.1, 0.15) is 0 Å². The number of hydrogen-bond acceptors (Lipinski definition) is 3. The highest BCUT2D eigenvalue weighted by atomic mass is 16.5. The Morgan fingerprint density at radius 1 is 1.46 bits per heavy atom. The zero-order valence-corrected chi connectivity index (χ0v) is 8.89. The third kappa shape index (κ3) is 2.09. The number of ketones is 1. The highest BCUT2D eigenvalue weighted by Gasteiger charge is 2.48. The summed E-state index contributed by atoms with van der Waals surface area (Å²) < 4.78 is 5.80. The van der Waals surface area contributed by atoms with E-state index in [-0.39, 0.29) is 29.4 Å². The van der Waals surface area contributed by atoms with E-state index in [0.29, 0.717) is 0 Å². The van der Waals surface area contributed by atoms with Gasteiger partial charge in [0.2, 0.25) is 0 Å². The van der Waals surface area contributed by atoms with Gasteiger partial charge in [-0.15, -0.1) is 0 Å². The summed E-state index contributed by atoms with van der Waals surface area (Å²) >= 11 is 0. The van der Waals surface area contributed by atoms with Gasteiger partial charge in [-0.3, -0.25) is 4.79 Å². The van der Waals surface area contributed by atoms with E-state index in [1.165, 1.54) is 0 Å². The average Bonchev–Trinajstić information content (AvgIpc) is 2.17. The molecule has 1 unspecified atom stereocenters. The van der Waals surface area contributed by atoms with Crippen LogP contribution in [0.5, 0.6) is 0 Å². The third-order valence-electron chi connectivity index (χ3n) is 2.66. The van der Waals surface area contributed by atoms with Crippen LogP contribution in [0.2, 0.25) is 0 Å².